The Morgan fingerprint density at radius 1 is 0.496 bits per heavy atom. The number of likely N-dealkylation sites (N-methyl/N-ethyl adjacent to an activating group) is 2. The van der Waals surface area contributed by atoms with Crippen molar-refractivity contribution in [3.05, 3.63) is 261 Å². The summed E-state index contributed by atoms with van der Waals surface area (Å²) < 4.78 is 143. The Hall–Kier alpha value is -13.1. The molecule has 10 aromatic rings. The summed E-state index contributed by atoms with van der Waals surface area (Å²) in [5.41, 5.74) is 23.7. The second-order valence-electron chi connectivity index (χ2n) is 32.0. The van der Waals surface area contributed by atoms with Crippen LogP contribution in [0.25, 0.3) is 10.9 Å². The summed E-state index contributed by atoms with van der Waals surface area (Å²) in [5.74, 6) is -1.37. The maximum atomic E-state index is 13.1. The van der Waals surface area contributed by atoms with E-state index in [1.54, 1.807) is 78.3 Å². The number of rotatable bonds is 43. The molecule has 0 fully saturated rings. The highest BCUT2D eigenvalue weighted by atomic mass is 18.2. The summed E-state index contributed by atoms with van der Waals surface area (Å²) in [6, 6.07) is 50.9. The molecule has 7 unspecified atom stereocenters. The maximum absolute atomic E-state index is 13.1. The van der Waals surface area contributed by atoms with Gasteiger partial charge in [0, 0.05) is 44.0 Å². The van der Waals surface area contributed by atoms with E-state index < -0.39 is 111 Å². The van der Waals surface area contributed by atoms with Gasteiger partial charge in [-0.15, -0.1) is 0 Å². The molecule has 29 nitrogen and oxygen atoms in total. The monoisotopic (exact) mass is 1980 g/mol. The van der Waals surface area contributed by atoms with Crippen LogP contribution < -0.4 is 56.8 Å². The number of ether oxygens (including phenoxy) is 6. The average Bonchev–Trinajstić information content (AvgIpc) is 1.68. The van der Waals surface area contributed by atoms with Crippen LogP contribution in [0.4, 0.5) is 39.5 Å². The molecular weight excluding hydrogens is 1840 g/mol. The highest BCUT2D eigenvalue weighted by molar-refractivity contribution is 5.81. The minimum Gasteiger partial charge on any atom is -0.508 e. The fraction of sp³-hybridized carbons (Fsp3) is 0.408. The number of nitrogens with zero attached hydrogens (tertiary/aromatic N) is 5. The van der Waals surface area contributed by atoms with E-state index in [-0.39, 0.29) is 97.8 Å². The predicted molar refractivity (Wildman–Crippen MR) is 530 cm³/mol. The zero-order valence-corrected chi connectivity index (χ0v) is 81.6. The first-order valence-corrected chi connectivity index (χ1v) is 45.0. The minimum atomic E-state index is -0.966. The lowest BCUT2D eigenvalue weighted by molar-refractivity contribution is -0.141. The number of alkyl halides is 6. The van der Waals surface area contributed by atoms with Gasteiger partial charge in [-0.2, -0.15) is 5.26 Å². The molecule has 0 saturated heterocycles. The first-order chi connectivity index (χ1) is 67.2. The van der Waals surface area contributed by atoms with Crippen molar-refractivity contribution >= 4 is 34.4 Å². The van der Waals surface area contributed by atoms with E-state index in [1.165, 1.54) is 80.8 Å². The predicted octanol–water partition coefficient (Wildman–Crippen LogP) is 16.0. The number of aromatic hydroxyl groups is 5. The normalized spacial score (nSPS) is 12.5. The Bertz CT molecular complexity index is 5340. The molecular formula is C103H138F9N11O18. The zero-order chi connectivity index (χ0) is 105. The standard InChI is InChI=1S/C13H16FN3.C12H17FN2O.C12H15FO5.C12H17FO2.C11H13FN2O2.C11H15FN2O.C11H16FNO3.C11H15FO2.C10H14FNO2/c1-10(15)16-9-11-2-3-13-12(8-11)4-6-17(13)7-5-14;1-10(14)15-7-5-11-3-2-4-12(9-11)16-8-6-13;1-7(12(16)17)4-8-5-9(14)11(10(15)6-8)18-3-2-13;1-9(2)12(14)10-4-3-5-11(8-10)15-7-6-13;1-14-6-8(15)7-16-11-4-2-3-10(12)9(11)5-13;1-9(13)14-8-10-3-2-4-11(7-10)15-6-5-12;1-13-6-10(15)11(16-2)7-3-4-8(12)9(14)5-7;1-7(2)11(14)8-3-4-9(6-12)10(13)5-8;1-12-5-4-9(13)7-2-3-8(11)10(14)6-7/h2-4,6,8H,5,7,9H2,1H3,(H2,15,16);2-4,9H,5-8H2,1H3,(H2,14,15);5-7,14-15H,2-4H2,1H3,(H,16,17);3-5,8-9,12,14H,6-7H2,1-2H3;2-4,8,14-15H,6-7H2,1H3;2-4,7H,5-6,8H2,1H3,(H2,13,14);3-5,10-11,13-15H,6H2,1-2H3;3-5,7,11,13-14H,6H2,1-2H3;2-3,6,9,12-14H,4-5H2,1H3/i14-1;3*13-1;4*12-1;11-1. The van der Waals surface area contributed by atoms with E-state index >= 15 is 0 Å². The molecule has 0 amide bonds. The highest BCUT2D eigenvalue weighted by Gasteiger charge is 2.23. The fourth-order valence-electron chi connectivity index (χ4n) is 12.3. The number of aryl methyl sites for hydroxylation is 1. The number of hydrogen-bond acceptors (Lipinski definition) is 24. The Kier molecular flexibility index (Phi) is 62.0. The van der Waals surface area contributed by atoms with Crippen LogP contribution in [0.1, 0.15) is 142 Å². The number of methoxy groups -OCH3 is 1. The van der Waals surface area contributed by atoms with Gasteiger partial charge in [-0.3, -0.25) is 19.8 Å². The van der Waals surface area contributed by atoms with Crippen molar-refractivity contribution in [1.82, 2.24) is 20.5 Å². The quantitative estimate of drug-likeness (QED) is 0.00958. The van der Waals surface area contributed by atoms with Gasteiger partial charge in [0.05, 0.1) is 67.5 Å². The second-order valence-corrected chi connectivity index (χ2v) is 32.0. The number of hydrogen-bond donors (Lipinski definition) is 17. The number of carboxylic acids is 1. The number of aliphatic carboxylic acids is 1. The van der Waals surface area contributed by atoms with E-state index in [0.29, 0.717) is 109 Å². The van der Waals surface area contributed by atoms with Crippen molar-refractivity contribution in [2.45, 2.75) is 138 Å². The zero-order valence-electron chi connectivity index (χ0n) is 81.6. The number of nitrogens with two attached hydrogens (primary N) is 3. The number of phenols is 5. The molecule has 0 aliphatic heterocycles. The Morgan fingerprint density at radius 3 is 1.48 bits per heavy atom. The van der Waals surface area contributed by atoms with Gasteiger partial charge >= 0.3 is 5.97 Å². The summed E-state index contributed by atoms with van der Waals surface area (Å²) in [5, 5.41) is 122. The highest BCUT2D eigenvalue weighted by Crippen LogP contribution is 2.38. The molecule has 0 saturated carbocycles. The smallest absolute Gasteiger partial charge is 0.306 e. The third-order valence-corrected chi connectivity index (χ3v) is 19.5. The molecule has 0 spiro atoms. The van der Waals surface area contributed by atoms with E-state index in [2.05, 4.69) is 37.0 Å². The summed E-state index contributed by atoms with van der Waals surface area (Å²) in [7, 11) is 6.64. The lowest BCUT2D eigenvalue weighted by Gasteiger charge is -2.21. The van der Waals surface area contributed by atoms with Crippen molar-refractivity contribution < 1.29 is 129 Å². The van der Waals surface area contributed by atoms with Crippen LogP contribution in [0.2, 0.25) is 0 Å². The van der Waals surface area contributed by atoms with Crippen molar-refractivity contribution in [2.24, 2.45) is 49.9 Å². The summed E-state index contributed by atoms with van der Waals surface area (Å²) in [6.07, 6.45) is -0.435. The Labute approximate surface area is 818 Å². The first kappa shape index (κ1) is 124. The molecule has 7 atom stereocenters. The van der Waals surface area contributed by atoms with E-state index in [0.717, 1.165) is 51.7 Å². The molecule has 1 heterocycles. The van der Waals surface area contributed by atoms with Gasteiger partial charge in [0.2, 0.25) is 5.75 Å². The molecule has 141 heavy (non-hydrogen) atoms. The number of phenolic OH excluding ortho intramolecular Hbond substituents is 5. The van der Waals surface area contributed by atoms with Crippen molar-refractivity contribution in [1.29, 1.82) is 5.26 Å². The van der Waals surface area contributed by atoms with Crippen LogP contribution >= 0.6 is 0 Å². The number of nitriles is 1. The number of carboxylic acid groups (broad SMARTS) is 1. The number of fused-ring (bicyclic) bond motifs is 1. The lowest BCUT2D eigenvalue weighted by Crippen LogP contribution is -2.30. The van der Waals surface area contributed by atoms with Crippen LogP contribution in [0.3, 0.4) is 0 Å². The third kappa shape index (κ3) is 49.5. The summed E-state index contributed by atoms with van der Waals surface area (Å²) in [6.45, 7) is 14.8. The SMILES string of the molecule is CC(C)C(O)c1ccc(C[18F])c(O)c1.CC(C)C(O)c1cccc(OCC[18F])c1.CC(Cc1cc(O)c(OCC[18F])c(O)c1)C(=O)O.CC(N)=NCCc1cccc(OCC[18F])c1.CC(N)=NCc1ccc2c(ccn2CC[18F])c1.CC(N)=NCc1cccc(OCC[18F])c1.CNCC(O)C(OC)c1ccc([18F])c(O)c1.CNCC(O)COc1cccc([18F])c1C#N.CNCCC(O)c1ccc([18F])c(O)c1. The number of aromatic nitrogens is 1. The van der Waals surface area contributed by atoms with Gasteiger partial charge in [-0.25, -0.2) is 39.5 Å². The molecule has 10 rings (SSSR count). The Balaban J connectivity index is 0.000000537. The average molecular weight is 1980 g/mol. The van der Waals surface area contributed by atoms with Crippen LogP contribution in [0, 0.1) is 46.5 Å². The number of aliphatic hydroxyl groups excluding tert-OH is 5. The topological polar surface area (TPSA) is 475 Å². The number of benzene rings is 9. The Morgan fingerprint density at radius 2 is 0.986 bits per heavy atom. The second kappa shape index (κ2) is 70.5. The molecule has 776 valence electrons. The molecule has 0 bridgehead atoms. The van der Waals surface area contributed by atoms with Crippen molar-refractivity contribution in [3.8, 4) is 63.6 Å². The van der Waals surface area contributed by atoms with Crippen LogP contribution in [-0.2, 0) is 48.7 Å². The number of amidine groups is 3. The summed E-state index contributed by atoms with van der Waals surface area (Å²) in [4.78, 5) is 23.0. The molecule has 1 aromatic heterocycles. The molecule has 0 radical (unpaired) electrons. The van der Waals surface area contributed by atoms with Gasteiger partial charge < -0.3 is 122 Å². The van der Waals surface area contributed by atoms with Gasteiger partial charge in [0.15, 0.2) is 34.6 Å². The van der Waals surface area contributed by atoms with Crippen molar-refractivity contribution in [3.63, 3.8) is 0 Å². The molecule has 20 N–H and O–H groups in total. The maximum Gasteiger partial charge on any atom is 0.306 e. The van der Waals surface area contributed by atoms with E-state index in [9.17, 15) is 90.3 Å². The van der Waals surface area contributed by atoms with E-state index in [4.69, 9.17) is 61.1 Å². The number of nitrogens with one attached hydrogen (secondary N) is 3. The third-order valence-electron chi connectivity index (χ3n) is 19.5. The number of halogens is 9. The van der Waals surface area contributed by atoms with Crippen LogP contribution in [0.15, 0.2) is 203 Å². The van der Waals surface area contributed by atoms with Crippen LogP contribution in [-0.4, -0.2) is 217 Å². The number of aliphatic hydroxyl groups is 5. The molecule has 0 aliphatic carbocycles. The number of carbonyl (C=O) groups is 1. The first-order valence-electron chi connectivity index (χ1n) is 45.0. The van der Waals surface area contributed by atoms with Gasteiger partial charge in [0.1, 0.15) is 131 Å². The van der Waals surface area contributed by atoms with E-state index in [1.807, 2.05) is 105 Å². The van der Waals surface area contributed by atoms with Crippen molar-refractivity contribution in [2.75, 3.05) is 121 Å². The summed E-state index contributed by atoms with van der Waals surface area (Å²) >= 11 is 0. The lowest BCUT2D eigenvalue weighted by atomic mass is 9.98. The molecule has 38 heteroatoms. The molecule has 9 aromatic carbocycles. The largest absolute Gasteiger partial charge is 0.508 e. The molecule has 0 aliphatic rings. The fourth-order valence-corrected chi connectivity index (χ4v) is 12.3. The van der Waals surface area contributed by atoms with Crippen LogP contribution in [0.5, 0.6) is 57.5 Å². The number of aliphatic imine (C=N–C) groups is 3. The van der Waals surface area contributed by atoms with Gasteiger partial charge in [-0.05, 0) is 239 Å². The minimum absolute atomic E-state index is 0.0129. The van der Waals surface area contributed by atoms with Gasteiger partial charge in [-0.1, -0.05) is 107 Å². The van der Waals surface area contributed by atoms with Gasteiger partial charge in [0.25, 0.3) is 0 Å².